The average Bonchev–Trinajstić information content (AvgIpc) is 2.71. The van der Waals surface area contributed by atoms with Gasteiger partial charge in [0.2, 0.25) is 0 Å². The molecule has 0 radical (unpaired) electrons. The van der Waals surface area contributed by atoms with E-state index in [1.54, 1.807) is 0 Å². The summed E-state index contributed by atoms with van der Waals surface area (Å²) in [5.41, 5.74) is 4.31. The zero-order valence-electron chi connectivity index (χ0n) is 14.2. The molecule has 0 saturated carbocycles. The number of rotatable bonds is 4. The van der Waals surface area contributed by atoms with E-state index in [-0.39, 0.29) is 0 Å². The Morgan fingerprint density at radius 1 is 0.500 bits per heavy atom. The van der Waals surface area contributed by atoms with Crippen molar-refractivity contribution in [3.05, 3.63) is 103 Å². The predicted octanol–water partition coefficient (Wildman–Crippen LogP) is 7.10. The van der Waals surface area contributed by atoms with Crippen molar-refractivity contribution < 1.29 is 4.74 Å². The minimum absolute atomic E-state index is 0.770. The van der Waals surface area contributed by atoms with Crippen molar-refractivity contribution in [2.45, 2.75) is 4.90 Å². The number of para-hydroxylation sites is 1. The van der Waals surface area contributed by atoms with Gasteiger partial charge >= 0.3 is 0 Å². The largest absolute Gasteiger partial charge is 0.456 e. The molecule has 4 aromatic rings. The maximum Gasteiger partial charge on any atom is 0.149 e. The fourth-order valence-electron chi connectivity index (χ4n) is 2.98. The third kappa shape index (κ3) is 3.37. The van der Waals surface area contributed by atoms with Gasteiger partial charge in [0.15, 0.2) is 0 Å². The van der Waals surface area contributed by atoms with Gasteiger partial charge in [-0.1, -0.05) is 84.9 Å². The van der Waals surface area contributed by atoms with Gasteiger partial charge in [-0.25, -0.2) is 0 Å². The summed E-state index contributed by atoms with van der Waals surface area (Å²) in [6.45, 7) is 0. The highest BCUT2D eigenvalue weighted by molar-refractivity contribution is 7.80. The van der Waals surface area contributed by atoms with Crippen LogP contribution in [0.25, 0.3) is 22.3 Å². The van der Waals surface area contributed by atoms with Crippen LogP contribution in [0.15, 0.2) is 108 Å². The van der Waals surface area contributed by atoms with E-state index >= 15 is 0 Å². The molecule has 0 aliphatic rings. The quantitative estimate of drug-likeness (QED) is 0.384. The molecular weight excluding hydrogens is 336 g/mol. The fourth-order valence-corrected chi connectivity index (χ4v) is 3.35. The molecule has 4 aromatic carbocycles. The first-order valence-electron chi connectivity index (χ1n) is 8.52. The highest BCUT2D eigenvalue weighted by Gasteiger charge is 2.15. The number of hydrogen-bond donors (Lipinski definition) is 1. The molecule has 0 unspecified atom stereocenters. The highest BCUT2D eigenvalue weighted by atomic mass is 32.1. The maximum absolute atomic E-state index is 6.28. The van der Waals surface area contributed by atoms with Crippen LogP contribution in [0.1, 0.15) is 0 Å². The minimum Gasteiger partial charge on any atom is -0.456 e. The SMILES string of the molecule is Sc1c(-c2ccccc2)ccc(-c2ccccc2)c1Oc1ccccc1. The average molecular weight is 354 g/mol. The summed E-state index contributed by atoms with van der Waals surface area (Å²) in [5.74, 6) is 1.57. The molecule has 0 saturated heterocycles. The Bertz CT molecular complexity index is 996. The van der Waals surface area contributed by atoms with E-state index in [2.05, 4.69) is 36.4 Å². The van der Waals surface area contributed by atoms with Crippen LogP contribution < -0.4 is 4.74 Å². The lowest BCUT2D eigenvalue weighted by molar-refractivity contribution is 0.473. The molecule has 0 amide bonds. The predicted molar refractivity (Wildman–Crippen MR) is 111 cm³/mol. The van der Waals surface area contributed by atoms with Crippen LogP contribution in [0.2, 0.25) is 0 Å². The topological polar surface area (TPSA) is 9.23 Å². The zero-order chi connectivity index (χ0) is 17.8. The Hall–Kier alpha value is -2.97. The van der Waals surface area contributed by atoms with Crippen LogP contribution in [0.5, 0.6) is 11.5 Å². The van der Waals surface area contributed by atoms with Gasteiger partial charge in [0.1, 0.15) is 11.5 Å². The first-order chi connectivity index (χ1) is 12.8. The standard InChI is InChI=1S/C24H18OS/c26-24-22(19-12-6-2-7-13-19)17-16-21(18-10-4-1-5-11-18)23(24)25-20-14-8-3-9-15-20/h1-17,26H. The van der Waals surface area contributed by atoms with E-state index < -0.39 is 0 Å². The van der Waals surface area contributed by atoms with Crippen molar-refractivity contribution in [2.75, 3.05) is 0 Å². The normalized spacial score (nSPS) is 10.5. The van der Waals surface area contributed by atoms with Gasteiger partial charge in [-0.15, -0.1) is 12.6 Å². The van der Waals surface area contributed by atoms with E-state index in [1.807, 2.05) is 66.7 Å². The van der Waals surface area contributed by atoms with Crippen LogP contribution in [-0.4, -0.2) is 0 Å². The van der Waals surface area contributed by atoms with Crippen LogP contribution >= 0.6 is 12.6 Å². The van der Waals surface area contributed by atoms with Crippen molar-refractivity contribution >= 4 is 12.6 Å². The van der Waals surface area contributed by atoms with Gasteiger partial charge in [-0.3, -0.25) is 0 Å². The summed E-state index contributed by atoms with van der Waals surface area (Å²) in [5, 5.41) is 0. The van der Waals surface area contributed by atoms with E-state index in [4.69, 9.17) is 17.4 Å². The van der Waals surface area contributed by atoms with Crippen LogP contribution in [0.3, 0.4) is 0 Å². The molecule has 0 N–H and O–H groups in total. The Balaban J connectivity index is 1.88. The first kappa shape index (κ1) is 16.5. The molecule has 0 heterocycles. The van der Waals surface area contributed by atoms with Crippen LogP contribution in [0.4, 0.5) is 0 Å². The van der Waals surface area contributed by atoms with Crippen LogP contribution in [-0.2, 0) is 0 Å². The van der Waals surface area contributed by atoms with Crippen LogP contribution in [0, 0.1) is 0 Å². The van der Waals surface area contributed by atoms with Crippen molar-refractivity contribution in [2.24, 2.45) is 0 Å². The Kier molecular flexibility index (Phi) is 4.76. The summed E-state index contributed by atoms with van der Waals surface area (Å²) in [4.78, 5) is 0.835. The van der Waals surface area contributed by atoms with Crippen molar-refractivity contribution in [3.63, 3.8) is 0 Å². The third-order valence-corrected chi connectivity index (χ3v) is 4.71. The second kappa shape index (κ2) is 7.51. The molecule has 4 rings (SSSR count). The second-order valence-electron chi connectivity index (χ2n) is 5.99. The molecule has 0 aliphatic carbocycles. The Morgan fingerprint density at radius 2 is 0.962 bits per heavy atom. The lowest BCUT2D eigenvalue weighted by Crippen LogP contribution is -1.92. The minimum atomic E-state index is 0.770. The summed E-state index contributed by atoms with van der Waals surface area (Å²) >= 11 is 4.85. The molecule has 1 nitrogen and oxygen atoms in total. The van der Waals surface area contributed by atoms with Gasteiger partial charge in [0.25, 0.3) is 0 Å². The third-order valence-electron chi connectivity index (χ3n) is 4.26. The molecule has 126 valence electrons. The molecule has 0 bridgehead atoms. The van der Waals surface area contributed by atoms with Gasteiger partial charge in [-0.2, -0.15) is 0 Å². The van der Waals surface area contributed by atoms with E-state index in [0.717, 1.165) is 38.6 Å². The molecule has 0 aromatic heterocycles. The molecule has 0 fully saturated rings. The van der Waals surface area contributed by atoms with Crippen molar-refractivity contribution in [1.29, 1.82) is 0 Å². The number of benzene rings is 4. The molecule has 26 heavy (non-hydrogen) atoms. The van der Waals surface area contributed by atoms with Crippen molar-refractivity contribution in [3.8, 4) is 33.8 Å². The Labute approximate surface area is 159 Å². The molecule has 0 spiro atoms. The second-order valence-corrected chi connectivity index (χ2v) is 6.43. The summed E-state index contributed by atoms with van der Waals surface area (Å²) in [6, 6.07) is 34.6. The van der Waals surface area contributed by atoms with Gasteiger partial charge < -0.3 is 4.74 Å². The molecule has 0 atom stereocenters. The number of ether oxygens (including phenoxy) is 1. The summed E-state index contributed by atoms with van der Waals surface area (Å²) in [7, 11) is 0. The summed E-state index contributed by atoms with van der Waals surface area (Å²) < 4.78 is 6.28. The number of thiol groups is 1. The summed E-state index contributed by atoms with van der Waals surface area (Å²) in [6.07, 6.45) is 0. The highest BCUT2D eigenvalue weighted by Crippen LogP contribution is 2.43. The maximum atomic E-state index is 6.28. The molecule has 0 aliphatic heterocycles. The van der Waals surface area contributed by atoms with Gasteiger partial charge in [0.05, 0.1) is 4.90 Å². The zero-order valence-corrected chi connectivity index (χ0v) is 15.1. The van der Waals surface area contributed by atoms with E-state index in [0.29, 0.717) is 0 Å². The molecule has 2 heteroatoms. The lowest BCUT2D eigenvalue weighted by Gasteiger charge is -2.17. The lowest BCUT2D eigenvalue weighted by atomic mass is 9.99. The smallest absolute Gasteiger partial charge is 0.149 e. The first-order valence-corrected chi connectivity index (χ1v) is 8.97. The number of hydrogen-bond acceptors (Lipinski definition) is 2. The Morgan fingerprint density at radius 3 is 1.54 bits per heavy atom. The molecular formula is C24H18OS. The van der Waals surface area contributed by atoms with Crippen molar-refractivity contribution in [1.82, 2.24) is 0 Å². The monoisotopic (exact) mass is 354 g/mol. The van der Waals surface area contributed by atoms with E-state index in [1.165, 1.54) is 0 Å². The van der Waals surface area contributed by atoms with Gasteiger partial charge in [-0.05, 0) is 34.9 Å². The van der Waals surface area contributed by atoms with Gasteiger partial charge in [0, 0.05) is 5.56 Å². The fraction of sp³-hybridized carbons (Fsp3) is 0. The van der Waals surface area contributed by atoms with E-state index in [9.17, 15) is 0 Å².